The lowest BCUT2D eigenvalue weighted by atomic mass is 10.5. The quantitative estimate of drug-likeness (QED) is 0.788. The Bertz CT molecular complexity index is 369. The van der Waals surface area contributed by atoms with E-state index in [2.05, 4.69) is 10.3 Å². The minimum absolute atomic E-state index is 0.244. The van der Waals surface area contributed by atoms with Crippen LogP contribution >= 0.6 is 0 Å². The highest BCUT2D eigenvalue weighted by Gasteiger charge is 2.14. The van der Waals surface area contributed by atoms with E-state index in [0.717, 1.165) is 19.2 Å². The molecular weight excluding hydrogens is 192 g/mol. The zero-order valence-corrected chi connectivity index (χ0v) is 8.39. The Labute approximate surface area is 77.1 Å². The van der Waals surface area contributed by atoms with Crippen molar-refractivity contribution in [1.29, 1.82) is 0 Å². The summed E-state index contributed by atoms with van der Waals surface area (Å²) in [4.78, 5) is 3.62. The summed E-state index contributed by atoms with van der Waals surface area (Å²) in [5.41, 5.74) is 0. The van der Waals surface area contributed by atoms with Gasteiger partial charge in [-0.2, -0.15) is 0 Å². The van der Waals surface area contributed by atoms with E-state index in [-0.39, 0.29) is 5.22 Å². The van der Waals surface area contributed by atoms with E-state index in [9.17, 15) is 8.42 Å². The molecule has 0 aliphatic rings. The number of aromatic nitrogens is 1. The Balaban J connectivity index is 2.76. The molecule has 1 rings (SSSR count). The minimum Gasteiger partial charge on any atom is -0.412 e. The van der Waals surface area contributed by atoms with Crippen molar-refractivity contribution in [2.24, 2.45) is 0 Å². The smallest absolute Gasteiger partial charge is 0.316 e. The third kappa shape index (κ3) is 2.73. The monoisotopic (exact) mass is 204 g/mol. The highest BCUT2D eigenvalue weighted by atomic mass is 32.2. The highest BCUT2D eigenvalue weighted by Crippen LogP contribution is 2.13. The second-order valence-corrected chi connectivity index (χ2v) is 4.58. The maximum atomic E-state index is 10.9. The maximum Gasteiger partial charge on any atom is 0.316 e. The minimum atomic E-state index is -3.32. The van der Waals surface area contributed by atoms with Crippen LogP contribution in [0.25, 0.3) is 0 Å². The number of nitrogens with one attached hydrogen (secondary N) is 1. The lowest BCUT2D eigenvalue weighted by molar-refractivity contribution is 0.441. The van der Waals surface area contributed by atoms with Crippen molar-refractivity contribution in [1.82, 2.24) is 4.98 Å². The van der Waals surface area contributed by atoms with Crippen LogP contribution in [-0.4, -0.2) is 26.2 Å². The Morgan fingerprint density at radius 3 is 2.77 bits per heavy atom. The first-order valence-electron chi connectivity index (χ1n) is 3.94. The lowest BCUT2D eigenvalue weighted by Gasteiger charge is -1.96. The molecule has 13 heavy (non-hydrogen) atoms. The predicted molar refractivity (Wildman–Crippen MR) is 48.4 cm³/mol. The summed E-state index contributed by atoms with van der Waals surface area (Å²) in [6.45, 7) is 2.74. The number of rotatable bonds is 4. The highest BCUT2D eigenvalue weighted by molar-refractivity contribution is 7.90. The Morgan fingerprint density at radius 2 is 2.31 bits per heavy atom. The first-order chi connectivity index (χ1) is 6.04. The average molecular weight is 204 g/mol. The number of hydrogen-bond donors (Lipinski definition) is 1. The molecule has 1 aromatic rings. The van der Waals surface area contributed by atoms with Crippen LogP contribution < -0.4 is 5.32 Å². The van der Waals surface area contributed by atoms with Crippen LogP contribution in [0, 0.1) is 0 Å². The van der Waals surface area contributed by atoms with Gasteiger partial charge in [0.05, 0.1) is 6.20 Å². The molecular formula is C7H12N2O3S. The van der Waals surface area contributed by atoms with Crippen LogP contribution in [0.3, 0.4) is 0 Å². The van der Waals surface area contributed by atoms with Crippen molar-refractivity contribution in [3.8, 4) is 0 Å². The molecule has 0 aromatic carbocycles. The van der Waals surface area contributed by atoms with Gasteiger partial charge in [0.15, 0.2) is 0 Å². The molecule has 0 aliphatic carbocycles. The van der Waals surface area contributed by atoms with E-state index in [0.29, 0.717) is 5.88 Å². The molecule has 0 spiro atoms. The number of oxazole rings is 1. The molecule has 0 aliphatic heterocycles. The molecule has 6 heteroatoms. The molecule has 0 saturated heterocycles. The summed E-state index contributed by atoms with van der Waals surface area (Å²) < 4.78 is 26.8. The first kappa shape index (κ1) is 10.0. The topological polar surface area (TPSA) is 72.2 Å². The van der Waals surface area contributed by atoms with Gasteiger partial charge in [-0.3, -0.25) is 0 Å². The molecule has 0 bridgehead atoms. The van der Waals surface area contributed by atoms with Gasteiger partial charge in [0.2, 0.25) is 15.7 Å². The van der Waals surface area contributed by atoms with E-state index >= 15 is 0 Å². The van der Waals surface area contributed by atoms with Crippen molar-refractivity contribution < 1.29 is 12.8 Å². The molecule has 0 unspecified atom stereocenters. The van der Waals surface area contributed by atoms with Gasteiger partial charge in [-0.1, -0.05) is 6.92 Å². The van der Waals surface area contributed by atoms with Gasteiger partial charge in [-0.25, -0.2) is 13.4 Å². The molecule has 0 saturated carbocycles. The van der Waals surface area contributed by atoms with Crippen LogP contribution in [-0.2, 0) is 9.84 Å². The third-order valence-corrected chi connectivity index (χ3v) is 2.17. The largest absolute Gasteiger partial charge is 0.412 e. The summed E-state index contributed by atoms with van der Waals surface area (Å²) >= 11 is 0. The third-order valence-electron chi connectivity index (χ3n) is 1.35. The van der Waals surface area contributed by atoms with Gasteiger partial charge in [0.1, 0.15) is 0 Å². The van der Waals surface area contributed by atoms with E-state index in [1.807, 2.05) is 6.92 Å². The zero-order chi connectivity index (χ0) is 9.90. The fourth-order valence-electron chi connectivity index (χ4n) is 0.759. The van der Waals surface area contributed by atoms with Crippen molar-refractivity contribution in [2.75, 3.05) is 18.1 Å². The summed E-state index contributed by atoms with van der Waals surface area (Å²) in [5, 5.41) is 2.65. The normalized spacial score (nSPS) is 11.5. The SMILES string of the molecule is CCCNc1cnc(S(C)(=O)=O)o1. The summed E-state index contributed by atoms with van der Waals surface area (Å²) in [5.74, 6) is 0.391. The van der Waals surface area contributed by atoms with Gasteiger partial charge < -0.3 is 9.73 Å². The molecule has 0 fully saturated rings. The number of nitrogens with zero attached hydrogens (tertiary/aromatic N) is 1. The molecule has 74 valence electrons. The molecule has 0 radical (unpaired) electrons. The summed E-state index contributed by atoms with van der Waals surface area (Å²) in [7, 11) is -3.32. The second kappa shape index (κ2) is 3.78. The van der Waals surface area contributed by atoms with Gasteiger partial charge in [-0.15, -0.1) is 0 Å². The molecule has 0 atom stereocenters. The lowest BCUT2D eigenvalue weighted by Crippen LogP contribution is -1.98. The molecule has 1 aromatic heterocycles. The Kier molecular flexibility index (Phi) is 2.92. The maximum absolute atomic E-state index is 10.9. The summed E-state index contributed by atoms with van der Waals surface area (Å²) in [6, 6.07) is 0. The van der Waals surface area contributed by atoms with Crippen LogP contribution in [0.4, 0.5) is 5.88 Å². The molecule has 1 N–H and O–H groups in total. The van der Waals surface area contributed by atoms with E-state index in [1.165, 1.54) is 6.20 Å². The van der Waals surface area contributed by atoms with Gasteiger partial charge in [-0.05, 0) is 6.42 Å². The number of hydrogen-bond acceptors (Lipinski definition) is 5. The standard InChI is InChI=1S/C7H12N2O3S/c1-3-4-8-6-5-9-7(12-6)13(2,10)11/h5,8H,3-4H2,1-2H3. The van der Waals surface area contributed by atoms with Crippen molar-refractivity contribution >= 4 is 15.7 Å². The van der Waals surface area contributed by atoms with Crippen LogP contribution in [0.1, 0.15) is 13.3 Å². The van der Waals surface area contributed by atoms with Crippen molar-refractivity contribution in [3.63, 3.8) is 0 Å². The van der Waals surface area contributed by atoms with E-state index in [4.69, 9.17) is 4.42 Å². The van der Waals surface area contributed by atoms with Crippen LogP contribution in [0.15, 0.2) is 15.8 Å². The average Bonchev–Trinajstić information content (AvgIpc) is 2.47. The second-order valence-electron chi connectivity index (χ2n) is 2.69. The van der Waals surface area contributed by atoms with Crippen LogP contribution in [0.2, 0.25) is 0 Å². The van der Waals surface area contributed by atoms with Crippen molar-refractivity contribution in [3.05, 3.63) is 6.20 Å². The van der Waals surface area contributed by atoms with Gasteiger partial charge in [0, 0.05) is 12.8 Å². The van der Waals surface area contributed by atoms with Crippen LogP contribution in [0.5, 0.6) is 0 Å². The Hall–Kier alpha value is -1.04. The number of sulfone groups is 1. The van der Waals surface area contributed by atoms with Gasteiger partial charge >= 0.3 is 5.22 Å². The first-order valence-corrected chi connectivity index (χ1v) is 5.83. The van der Waals surface area contributed by atoms with E-state index in [1.54, 1.807) is 0 Å². The predicted octanol–water partition coefficient (Wildman–Crippen LogP) is 0.900. The molecule has 5 nitrogen and oxygen atoms in total. The van der Waals surface area contributed by atoms with Gasteiger partial charge in [0.25, 0.3) is 0 Å². The molecule has 1 heterocycles. The number of anilines is 1. The Morgan fingerprint density at radius 1 is 1.62 bits per heavy atom. The fourth-order valence-corrected chi connectivity index (χ4v) is 1.24. The molecule has 0 amide bonds. The van der Waals surface area contributed by atoms with Crippen molar-refractivity contribution in [2.45, 2.75) is 18.6 Å². The summed E-state index contributed by atoms with van der Waals surface area (Å²) in [6.07, 6.45) is 3.36. The fraction of sp³-hybridized carbons (Fsp3) is 0.571. The zero-order valence-electron chi connectivity index (χ0n) is 7.57. The van der Waals surface area contributed by atoms with E-state index < -0.39 is 9.84 Å².